The highest BCUT2D eigenvalue weighted by Gasteiger charge is 2.08. The maximum atomic E-state index is 6.15. The van der Waals surface area contributed by atoms with Crippen LogP contribution in [0.1, 0.15) is 11.3 Å². The van der Waals surface area contributed by atoms with E-state index in [1.807, 2.05) is 54.0 Å². The van der Waals surface area contributed by atoms with E-state index >= 15 is 0 Å². The van der Waals surface area contributed by atoms with E-state index in [1.165, 1.54) is 0 Å². The number of rotatable bonds is 4. The molecule has 3 nitrogen and oxygen atoms in total. The fraction of sp³-hybridized carbons (Fsp3) is 0.188. The van der Waals surface area contributed by atoms with Gasteiger partial charge in [-0.25, -0.2) is 4.98 Å². The Labute approximate surface area is 133 Å². The van der Waals surface area contributed by atoms with Gasteiger partial charge in [0, 0.05) is 28.9 Å². The quantitative estimate of drug-likeness (QED) is 0.703. The van der Waals surface area contributed by atoms with Crippen LogP contribution in [0.3, 0.4) is 0 Å². The van der Waals surface area contributed by atoms with Crippen molar-refractivity contribution in [2.24, 2.45) is 0 Å². The molecule has 0 aliphatic rings. The maximum Gasteiger partial charge on any atom is 0.179 e. The molecule has 0 amide bonds. The molecule has 0 spiro atoms. The van der Waals surface area contributed by atoms with E-state index in [9.17, 15) is 0 Å². The minimum absolute atomic E-state index is 0.495. The van der Waals surface area contributed by atoms with Crippen molar-refractivity contribution in [3.05, 3.63) is 64.0 Å². The third-order valence-electron chi connectivity index (χ3n) is 3.24. The lowest BCUT2D eigenvalue weighted by atomic mass is 10.1. The van der Waals surface area contributed by atoms with Gasteiger partial charge in [0.15, 0.2) is 11.4 Å². The van der Waals surface area contributed by atoms with E-state index in [0.717, 1.165) is 22.7 Å². The number of hydrogen-bond donors (Lipinski definition) is 0. The number of benzene rings is 1. The molecule has 2 aromatic heterocycles. The van der Waals surface area contributed by atoms with E-state index in [4.69, 9.17) is 27.9 Å². The van der Waals surface area contributed by atoms with Crippen LogP contribution in [0.5, 0.6) is 5.75 Å². The van der Waals surface area contributed by atoms with Gasteiger partial charge in [0.05, 0.1) is 12.3 Å². The highest BCUT2D eigenvalue weighted by Crippen LogP contribution is 2.25. The van der Waals surface area contributed by atoms with Crippen molar-refractivity contribution in [1.29, 1.82) is 0 Å². The Kier molecular flexibility index (Phi) is 4.04. The Hall–Kier alpha value is -1.71. The molecule has 0 radical (unpaired) electrons. The summed E-state index contributed by atoms with van der Waals surface area (Å²) >= 11 is 12.3. The molecule has 0 aliphatic heterocycles. The van der Waals surface area contributed by atoms with Crippen LogP contribution in [0, 0.1) is 6.92 Å². The summed E-state index contributed by atoms with van der Waals surface area (Å²) in [6, 6.07) is 9.36. The summed E-state index contributed by atoms with van der Waals surface area (Å²) in [7, 11) is 0. The van der Waals surface area contributed by atoms with Crippen LogP contribution in [-0.4, -0.2) is 16.0 Å². The van der Waals surface area contributed by atoms with Gasteiger partial charge in [-0.15, -0.1) is 0 Å². The lowest BCUT2D eigenvalue weighted by Crippen LogP contribution is -2.03. The molecule has 0 N–H and O–H groups in total. The maximum absolute atomic E-state index is 6.15. The molecular weight excluding hydrogens is 307 g/mol. The predicted molar refractivity (Wildman–Crippen MR) is 85.6 cm³/mol. The molecule has 0 atom stereocenters. The van der Waals surface area contributed by atoms with Gasteiger partial charge in [0.1, 0.15) is 0 Å². The van der Waals surface area contributed by atoms with Gasteiger partial charge in [-0.3, -0.25) is 0 Å². The Balaban J connectivity index is 1.75. The molecule has 5 heteroatoms. The predicted octanol–water partition coefficient (Wildman–Crippen LogP) is 4.57. The molecule has 0 unspecified atom stereocenters. The first-order valence-electron chi connectivity index (χ1n) is 6.65. The normalized spacial score (nSPS) is 11.0. The molecule has 0 fully saturated rings. The number of aryl methyl sites for hydroxylation is 1. The molecule has 3 aromatic rings. The van der Waals surface area contributed by atoms with Crippen molar-refractivity contribution in [3.8, 4) is 5.75 Å². The van der Waals surface area contributed by atoms with Crippen LogP contribution in [0.4, 0.5) is 0 Å². The molecule has 3 rings (SSSR count). The first-order valence-corrected chi connectivity index (χ1v) is 7.41. The first kappa shape index (κ1) is 14.2. The van der Waals surface area contributed by atoms with E-state index in [0.29, 0.717) is 23.1 Å². The van der Waals surface area contributed by atoms with Gasteiger partial charge in [-0.2, -0.15) is 0 Å². The fourth-order valence-electron chi connectivity index (χ4n) is 2.26. The number of ether oxygens (including phenoxy) is 1. The summed E-state index contributed by atoms with van der Waals surface area (Å²) < 4.78 is 7.80. The van der Waals surface area contributed by atoms with Gasteiger partial charge >= 0.3 is 0 Å². The Morgan fingerprint density at radius 1 is 1.14 bits per heavy atom. The number of pyridine rings is 1. The van der Waals surface area contributed by atoms with Gasteiger partial charge in [-0.1, -0.05) is 29.3 Å². The summed E-state index contributed by atoms with van der Waals surface area (Å²) in [6.07, 6.45) is 4.57. The molecule has 1 aromatic carbocycles. The summed E-state index contributed by atoms with van der Waals surface area (Å²) in [5, 5.41) is 1.34. The monoisotopic (exact) mass is 320 g/mol. The van der Waals surface area contributed by atoms with Crippen LogP contribution in [-0.2, 0) is 6.42 Å². The van der Waals surface area contributed by atoms with E-state index < -0.39 is 0 Å². The van der Waals surface area contributed by atoms with Crippen LogP contribution in [0.15, 0.2) is 42.7 Å². The largest absolute Gasteiger partial charge is 0.489 e. The SMILES string of the molecule is Cc1cn2cccc(OCCc3c(Cl)cccc3Cl)c2n1. The topological polar surface area (TPSA) is 26.5 Å². The first-order chi connectivity index (χ1) is 10.1. The molecule has 2 heterocycles. The zero-order valence-electron chi connectivity index (χ0n) is 11.5. The third kappa shape index (κ3) is 2.99. The molecular formula is C16H14Cl2N2O. The summed E-state index contributed by atoms with van der Waals surface area (Å²) in [5.41, 5.74) is 2.69. The number of halogens is 2. The van der Waals surface area contributed by atoms with Crippen LogP contribution < -0.4 is 4.74 Å². The minimum atomic E-state index is 0.495. The summed E-state index contributed by atoms with van der Waals surface area (Å²) in [4.78, 5) is 4.46. The van der Waals surface area contributed by atoms with Gasteiger partial charge in [0.25, 0.3) is 0 Å². The van der Waals surface area contributed by atoms with Crippen molar-refractivity contribution in [3.63, 3.8) is 0 Å². The summed E-state index contributed by atoms with van der Waals surface area (Å²) in [5.74, 6) is 0.758. The van der Waals surface area contributed by atoms with E-state index in [-0.39, 0.29) is 0 Å². The molecule has 0 saturated carbocycles. The number of aromatic nitrogens is 2. The average Bonchev–Trinajstić information content (AvgIpc) is 2.83. The molecule has 0 bridgehead atoms. The second kappa shape index (κ2) is 5.96. The number of hydrogen-bond acceptors (Lipinski definition) is 2. The van der Waals surface area contributed by atoms with E-state index in [2.05, 4.69) is 4.98 Å². The fourth-order valence-corrected chi connectivity index (χ4v) is 2.84. The summed E-state index contributed by atoms with van der Waals surface area (Å²) in [6.45, 7) is 2.45. The zero-order valence-corrected chi connectivity index (χ0v) is 13.0. The second-order valence-electron chi connectivity index (χ2n) is 4.78. The highest BCUT2D eigenvalue weighted by atomic mass is 35.5. The van der Waals surface area contributed by atoms with Crippen molar-refractivity contribution in [2.45, 2.75) is 13.3 Å². The lowest BCUT2D eigenvalue weighted by Gasteiger charge is -2.09. The van der Waals surface area contributed by atoms with Crippen LogP contribution >= 0.6 is 23.2 Å². The number of fused-ring (bicyclic) bond motifs is 1. The van der Waals surface area contributed by atoms with Crippen molar-refractivity contribution >= 4 is 28.8 Å². The van der Waals surface area contributed by atoms with Crippen molar-refractivity contribution < 1.29 is 4.74 Å². The average molecular weight is 321 g/mol. The van der Waals surface area contributed by atoms with E-state index in [1.54, 1.807) is 0 Å². The highest BCUT2D eigenvalue weighted by molar-refractivity contribution is 6.35. The zero-order chi connectivity index (χ0) is 14.8. The standard InChI is InChI=1S/C16H14Cl2N2O/c1-11-10-20-8-3-6-15(16(20)19-11)21-9-7-12-13(17)4-2-5-14(12)18/h2-6,8,10H,7,9H2,1H3. The smallest absolute Gasteiger partial charge is 0.179 e. The molecule has 0 saturated heterocycles. The van der Waals surface area contributed by atoms with Gasteiger partial charge < -0.3 is 9.14 Å². The second-order valence-corrected chi connectivity index (χ2v) is 5.60. The van der Waals surface area contributed by atoms with Crippen LogP contribution in [0.25, 0.3) is 5.65 Å². The number of nitrogens with zero attached hydrogens (tertiary/aromatic N) is 2. The van der Waals surface area contributed by atoms with Crippen LogP contribution in [0.2, 0.25) is 10.0 Å². The van der Waals surface area contributed by atoms with Crippen molar-refractivity contribution in [2.75, 3.05) is 6.61 Å². The van der Waals surface area contributed by atoms with Gasteiger partial charge in [-0.05, 0) is 36.8 Å². The molecule has 108 valence electrons. The van der Waals surface area contributed by atoms with Gasteiger partial charge in [0.2, 0.25) is 0 Å². The molecule has 0 aliphatic carbocycles. The Morgan fingerprint density at radius 3 is 2.67 bits per heavy atom. The Bertz CT molecular complexity index is 763. The lowest BCUT2D eigenvalue weighted by molar-refractivity contribution is 0.324. The minimum Gasteiger partial charge on any atom is -0.489 e. The molecule has 21 heavy (non-hydrogen) atoms. The third-order valence-corrected chi connectivity index (χ3v) is 3.95. The van der Waals surface area contributed by atoms with Crippen molar-refractivity contribution in [1.82, 2.24) is 9.38 Å². The Morgan fingerprint density at radius 2 is 1.90 bits per heavy atom. The number of imidazole rings is 1.